The second kappa shape index (κ2) is 7.36. The molecule has 0 radical (unpaired) electrons. The van der Waals surface area contributed by atoms with Crippen molar-refractivity contribution in [2.24, 2.45) is 5.92 Å². The normalized spacial score (nSPS) is 47.7. The molecule has 2 aliphatic heterocycles. The van der Waals surface area contributed by atoms with Crippen LogP contribution in [0, 0.1) is 5.92 Å². The molecule has 9 atom stereocenters. The van der Waals surface area contributed by atoms with E-state index < -0.39 is 74.1 Å². The van der Waals surface area contributed by atoms with E-state index in [2.05, 4.69) is 0 Å². The van der Waals surface area contributed by atoms with Crippen molar-refractivity contribution in [3.05, 3.63) is 0 Å². The molecule has 2 fully saturated rings. The summed E-state index contributed by atoms with van der Waals surface area (Å²) in [4.78, 5) is 11.2. The van der Waals surface area contributed by atoms with Crippen LogP contribution in [0.4, 0.5) is 0 Å². The molecule has 2 saturated heterocycles. The first-order valence-corrected chi connectivity index (χ1v) is 7.26. The summed E-state index contributed by atoms with van der Waals surface area (Å²) >= 11 is 0. The number of aliphatic hydroxyl groups excluding tert-OH is 5. The molecule has 10 nitrogen and oxygen atoms in total. The summed E-state index contributed by atoms with van der Waals surface area (Å²) in [5.41, 5.74) is 0. The van der Waals surface area contributed by atoms with E-state index in [9.17, 15) is 25.2 Å². The number of ether oxygens (including phenoxy) is 3. The van der Waals surface area contributed by atoms with Crippen molar-refractivity contribution < 1.29 is 49.6 Å². The van der Waals surface area contributed by atoms with Crippen molar-refractivity contribution in [3.63, 3.8) is 0 Å². The van der Waals surface area contributed by atoms with Crippen LogP contribution in [0.15, 0.2) is 0 Å². The second-order valence-electron chi connectivity index (χ2n) is 5.77. The average Bonchev–Trinajstić information content (AvgIpc) is 2.83. The fourth-order valence-corrected chi connectivity index (χ4v) is 2.83. The Bertz CT molecular complexity index is 416. The van der Waals surface area contributed by atoms with Gasteiger partial charge in [0.05, 0.1) is 19.3 Å². The molecule has 2 rings (SSSR count). The molecule has 0 aromatic rings. The Balaban J connectivity index is 2.12. The molecule has 0 aliphatic carbocycles. The first kappa shape index (κ1) is 18.5. The molecule has 0 aromatic carbocycles. The van der Waals surface area contributed by atoms with Crippen LogP contribution in [0.1, 0.15) is 6.92 Å². The molecule has 10 heteroatoms. The third kappa shape index (κ3) is 3.49. The van der Waals surface area contributed by atoms with Gasteiger partial charge in [0, 0.05) is 5.92 Å². The topological polar surface area (TPSA) is 166 Å². The Hall–Kier alpha value is -0.850. The number of hydrogen-bond acceptors (Lipinski definition) is 9. The minimum atomic E-state index is -1.54. The van der Waals surface area contributed by atoms with Crippen LogP contribution < -0.4 is 0 Å². The zero-order valence-electron chi connectivity index (χ0n) is 12.4. The van der Waals surface area contributed by atoms with E-state index in [1.807, 2.05) is 0 Å². The van der Waals surface area contributed by atoms with Gasteiger partial charge in [0.2, 0.25) is 0 Å². The van der Waals surface area contributed by atoms with E-state index in [0.717, 1.165) is 0 Å². The average molecular weight is 338 g/mol. The second-order valence-corrected chi connectivity index (χ2v) is 5.77. The summed E-state index contributed by atoms with van der Waals surface area (Å²) in [5, 5.41) is 57.4. The van der Waals surface area contributed by atoms with E-state index in [0.29, 0.717) is 0 Å². The summed E-state index contributed by atoms with van der Waals surface area (Å²) in [6.07, 6.45) is -10.3. The Kier molecular flexibility index (Phi) is 5.92. The maximum atomic E-state index is 11.2. The summed E-state index contributed by atoms with van der Waals surface area (Å²) in [6.45, 7) is 0.375. The first-order chi connectivity index (χ1) is 10.8. The minimum Gasteiger partial charge on any atom is -0.479 e. The van der Waals surface area contributed by atoms with Crippen LogP contribution in [0.5, 0.6) is 0 Å². The lowest BCUT2D eigenvalue weighted by atomic mass is 9.90. The molecule has 0 bridgehead atoms. The molecular weight excluding hydrogens is 316 g/mol. The molecule has 0 spiro atoms. The third-order valence-corrected chi connectivity index (χ3v) is 4.25. The van der Waals surface area contributed by atoms with Crippen molar-refractivity contribution in [1.82, 2.24) is 0 Å². The van der Waals surface area contributed by atoms with Crippen LogP contribution in [-0.2, 0) is 19.0 Å². The highest BCUT2D eigenvalue weighted by molar-refractivity contribution is 5.73. The number of aliphatic carboxylic acids is 1. The summed E-state index contributed by atoms with van der Waals surface area (Å²) in [6, 6.07) is 0. The lowest BCUT2D eigenvalue weighted by Crippen LogP contribution is -2.58. The van der Waals surface area contributed by atoms with Gasteiger partial charge in [-0.2, -0.15) is 0 Å². The van der Waals surface area contributed by atoms with Gasteiger partial charge in [-0.05, 0) is 0 Å². The lowest BCUT2D eigenvalue weighted by molar-refractivity contribution is -0.301. The van der Waals surface area contributed by atoms with Crippen LogP contribution in [0.2, 0.25) is 0 Å². The van der Waals surface area contributed by atoms with Crippen molar-refractivity contribution in [3.8, 4) is 0 Å². The number of hydrogen-bond donors (Lipinski definition) is 6. The van der Waals surface area contributed by atoms with Gasteiger partial charge in [0.1, 0.15) is 30.5 Å². The maximum Gasteiger partial charge on any atom is 0.333 e. The molecule has 0 saturated carbocycles. The number of carboxylic acids is 1. The van der Waals surface area contributed by atoms with E-state index in [-0.39, 0.29) is 0 Å². The smallest absolute Gasteiger partial charge is 0.333 e. The molecule has 0 amide bonds. The van der Waals surface area contributed by atoms with E-state index in [4.69, 9.17) is 24.4 Å². The zero-order chi connectivity index (χ0) is 17.3. The van der Waals surface area contributed by atoms with Crippen molar-refractivity contribution in [2.45, 2.75) is 55.9 Å². The quantitative estimate of drug-likeness (QED) is 0.298. The predicted octanol–water partition coefficient (Wildman–Crippen LogP) is -3.35. The number of carbonyl (C=O) groups is 1. The van der Waals surface area contributed by atoms with E-state index in [1.165, 1.54) is 6.92 Å². The van der Waals surface area contributed by atoms with E-state index >= 15 is 0 Å². The Morgan fingerprint density at radius 1 is 1.00 bits per heavy atom. The summed E-state index contributed by atoms with van der Waals surface area (Å²) in [7, 11) is 0. The van der Waals surface area contributed by atoms with Crippen LogP contribution >= 0.6 is 0 Å². The summed E-state index contributed by atoms with van der Waals surface area (Å²) in [5.74, 6) is -2.20. The van der Waals surface area contributed by atoms with Gasteiger partial charge >= 0.3 is 5.97 Å². The van der Waals surface area contributed by atoms with Gasteiger partial charge in [-0.15, -0.1) is 0 Å². The third-order valence-electron chi connectivity index (χ3n) is 4.25. The Morgan fingerprint density at radius 3 is 2.13 bits per heavy atom. The van der Waals surface area contributed by atoms with Gasteiger partial charge in [-0.3, -0.25) is 0 Å². The van der Waals surface area contributed by atoms with Gasteiger partial charge in [0.25, 0.3) is 0 Å². The highest BCUT2D eigenvalue weighted by Crippen LogP contribution is 2.31. The maximum absolute atomic E-state index is 11.2. The number of rotatable bonds is 5. The standard InChI is InChI=1S/C13H22O10/c1-4-7(16)9(18)13(22-10(4)12(19)20)23-11-6(3-15)21-5(2-14)8(11)17/h4-11,13-18H,2-3H2,1H3,(H,19,20)/t4?,5-,6?,7?,8?,9?,10?,11?,13?/m1/s1. The Labute approximate surface area is 131 Å². The molecule has 0 aromatic heterocycles. The predicted molar refractivity (Wildman–Crippen MR) is 71.2 cm³/mol. The van der Waals surface area contributed by atoms with Gasteiger partial charge < -0.3 is 44.8 Å². The zero-order valence-corrected chi connectivity index (χ0v) is 12.4. The molecular formula is C13H22O10. The van der Waals surface area contributed by atoms with Crippen LogP contribution in [-0.4, -0.2) is 98.8 Å². The fraction of sp³-hybridized carbons (Fsp3) is 0.923. The molecule has 23 heavy (non-hydrogen) atoms. The molecule has 134 valence electrons. The van der Waals surface area contributed by atoms with Gasteiger partial charge in [0.15, 0.2) is 12.4 Å². The van der Waals surface area contributed by atoms with E-state index in [1.54, 1.807) is 0 Å². The lowest BCUT2D eigenvalue weighted by Gasteiger charge is -2.40. The van der Waals surface area contributed by atoms with Gasteiger partial charge in [-0.25, -0.2) is 4.79 Å². The number of carboxylic acid groups (broad SMARTS) is 1. The highest BCUT2D eigenvalue weighted by Gasteiger charge is 2.50. The molecule has 2 aliphatic rings. The molecule has 6 N–H and O–H groups in total. The van der Waals surface area contributed by atoms with Crippen LogP contribution in [0.3, 0.4) is 0 Å². The first-order valence-electron chi connectivity index (χ1n) is 7.26. The SMILES string of the molecule is CC1C(C(=O)O)OC(OC2C(CO)O[C@H](CO)C2O)C(O)C1O. The number of aliphatic hydroxyl groups is 5. The Morgan fingerprint density at radius 2 is 1.61 bits per heavy atom. The molecule has 2 heterocycles. The monoisotopic (exact) mass is 338 g/mol. The molecule has 8 unspecified atom stereocenters. The highest BCUT2D eigenvalue weighted by atomic mass is 16.7. The van der Waals surface area contributed by atoms with Crippen molar-refractivity contribution >= 4 is 5.97 Å². The van der Waals surface area contributed by atoms with Crippen molar-refractivity contribution in [2.75, 3.05) is 13.2 Å². The summed E-state index contributed by atoms with van der Waals surface area (Å²) < 4.78 is 15.7. The largest absolute Gasteiger partial charge is 0.479 e. The van der Waals surface area contributed by atoms with Crippen molar-refractivity contribution in [1.29, 1.82) is 0 Å². The van der Waals surface area contributed by atoms with Gasteiger partial charge in [-0.1, -0.05) is 6.92 Å². The fourth-order valence-electron chi connectivity index (χ4n) is 2.83. The van der Waals surface area contributed by atoms with Crippen LogP contribution in [0.25, 0.3) is 0 Å². The minimum absolute atomic E-state index is 0.511.